The Kier molecular flexibility index (Phi) is 6.82. The van der Waals surface area contributed by atoms with E-state index < -0.39 is 6.61 Å². The van der Waals surface area contributed by atoms with Gasteiger partial charge in [-0.2, -0.15) is 8.78 Å². The molecule has 1 aromatic rings. The van der Waals surface area contributed by atoms with Crippen LogP contribution in [0.4, 0.5) is 8.78 Å². The molecule has 0 aliphatic carbocycles. The molecule has 0 heterocycles. The zero-order valence-electron chi connectivity index (χ0n) is 13.5. The van der Waals surface area contributed by atoms with Gasteiger partial charge in [0.1, 0.15) is 5.75 Å². The van der Waals surface area contributed by atoms with Crippen LogP contribution in [0.5, 0.6) is 5.75 Å². The highest BCUT2D eigenvalue weighted by Gasteiger charge is 2.11. The number of rotatable bonds is 7. The second kappa shape index (κ2) is 8.13. The summed E-state index contributed by atoms with van der Waals surface area (Å²) in [5.74, 6) is 0.710. The van der Waals surface area contributed by atoms with Crippen LogP contribution in [0.15, 0.2) is 17.7 Å². The largest absolute Gasteiger partial charge is 0.434 e. The summed E-state index contributed by atoms with van der Waals surface area (Å²) in [6, 6.07) is 3.78. The van der Waals surface area contributed by atoms with Gasteiger partial charge in [-0.25, -0.2) is 0 Å². The number of ether oxygens (including phenoxy) is 1. The van der Waals surface area contributed by atoms with Gasteiger partial charge >= 0.3 is 6.61 Å². The number of hydrogen-bond donors (Lipinski definition) is 1. The van der Waals surface area contributed by atoms with Crippen LogP contribution >= 0.6 is 0 Å². The molecule has 0 amide bonds. The molecular formula is C17H25F2NO. The van der Waals surface area contributed by atoms with Gasteiger partial charge in [0, 0.05) is 6.54 Å². The molecule has 0 radical (unpaired) electrons. The number of nitrogens with one attached hydrogen (secondary N) is 1. The van der Waals surface area contributed by atoms with E-state index >= 15 is 0 Å². The minimum Gasteiger partial charge on any atom is -0.434 e. The van der Waals surface area contributed by atoms with E-state index in [0.717, 1.165) is 29.8 Å². The lowest BCUT2D eigenvalue weighted by atomic mass is 9.98. The standard InChI is InChI=1S/C17H25F2NO/c1-6-20-10-15(11(2)3)9-14-7-12(4)16(13(5)8-14)21-17(18)19/h7-9,11,17,20H,6,10H2,1-5H3. The Morgan fingerprint density at radius 2 is 1.81 bits per heavy atom. The maximum atomic E-state index is 12.4. The zero-order valence-corrected chi connectivity index (χ0v) is 13.5. The molecule has 0 aromatic heterocycles. The van der Waals surface area contributed by atoms with Gasteiger partial charge in [-0.05, 0) is 55.1 Å². The quantitative estimate of drug-likeness (QED) is 0.797. The molecule has 0 fully saturated rings. The maximum Gasteiger partial charge on any atom is 0.387 e. The average Bonchev–Trinajstić information content (AvgIpc) is 2.38. The van der Waals surface area contributed by atoms with Gasteiger partial charge in [0.2, 0.25) is 0 Å². The van der Waals surface area contributed by atoms with Crippen LogP contribution in [-0.2, 0) is 0 Å². The second-order valence-electron chi connectivity index (χ2n) is 5.52. The van der Waals surface area contributed by atoms with Gasteiger partial charge in [-0.1, -0.05) is 32.4 Å². The monoisotopic (exact) mass is 297 g/mol. The summed E-state index contributed by atoms with van der Waals surface area (Å²) < 4.78 is 29.4. The topological polar surface area (TPSA) is 21.3 Å². The summed E-state index contributed by atoms with van der Waals surface area (Å²) in [5.41, 5.74) is 3.77. The SMILES string of the molecule is CCNCC(=Cc1cc(C)c(OC(F)F)c(C)c1)C(C)C. The van der Waals surface area contributed by atoms with Crippen molar-refractivity contribution >= 4 is 6.08 Å². The third kappa shape index (κ3) is 5.46. The van der Waals surface area contributed by atoms with E-state index in [4.69, 9.17) is 0 Å². The van der Waals surface area contributed by atoms with Crippen molar-refractivity contribution in [2.75, 3.05) is 13.1 Å². The number of benzene rings is 1. The molecule has 1 rings (SSSR count). The molecule has 0 bridgehead atoms. The molecule has 0 aliphatic rings. The minimum atomic E-state index is -2.79. The first-order valence-electron chi connectivity index (χ1n) is 7.32. The van der Waals surface area contributed by atoms with Gasteiger partial charge < -0.3 is 10.1 Å². The molecule has 2 nitrogen and oxygen atoms in total. The van der Waals surface area contributed by atoms with E-state index in [2.05, 4.69) is 36.9 Å². The van der Waals surface area contributed by atoms with Gasteiger partial charge in [-0.15, -0.1) is 0 Å². The number of alkyl halides is 2. The maximum absolute atomic E-state index is 12.4. The Morgan fingerprint density at radius 1 is 1.24 bits per heavy atom. The summed E-state index contributed by atoms with van der Waals surface area (Å²) in [7, 11) is 0. The van der Waals surface area contributed by atoms with Crippen molar-refractivity contribution in [2.24, 2.45) is 5.92 Å². The summed E-state index contributed by atoms with van der Waals surface area (Å²) >= 11 is 0. The predicted molar refractivity (Wildman–Crippen MR) is 83.9 cm³/mol. The molecule has 0 unspecified atom stereocenters. The van der Waals surface area contributed by atoms with Crippen LogP contribution in [0.3, 0.4) is 0 Å². The first-order chi connectivity index (χ1) is 9.85. The minimum absolute atomic E-state index is 0.278. The molecule has 0 spiro atoms. The number of halogens is 2. The Balaban J connectivity index is 3.08. The van der Waals surface area contributed by atoms with Gasteiger partial charge in [-0.3, -0.25) is 0 Å². The molecule has 1 N–H and O–H groups in total. The Labute approximate surface area is 126 Å². The first-order valence-corrected chi connectivity index (χ1v) is 7.32. The van der Waals surface area contributed by atoms with Crippen molar-refractivity contribution in [1.82, 2.24) is 5.32 Å². The van der Waals surface area contributed by atoms with Crippen molar-refractivity contribution in [3.63, 3.8) is 0 Å². The van der Waals surface area contributed by atoms with Crippen LogP contribution in [-0.4, -0.2) is 19.7 Å². The average molecular weight is 297 g/mol. The molecule has 4 heteroatoms. The van der Waals surface area contributed by atoms with Crippen LogP contribution < -0.4 is 10.1 Å². The molecule has 21 heavy (non-hydrogen) atoms. The fourth-order valence-electron chi connectivity index (χ4n) is 2.25. The van der Waals surface area contributed by atoms with Crippen molar-refractivity contribution in [2.45, 2.75) is 41.2 Å². The van der Waals surface area contributed by atoms with Crippen LogP contribution in [0, 0.1) is 19.8 Å². The molecular weight excluding hydrogens is 272 g/mol. The van der Waals surface area contributed by atoms with Crippen molar-refractivity contribution in [3.8, 4) is 5.75 Å². The highest BCUT2D eigenvalue weighted by atomic mass is 19.3. The fourth-order valence-corrected chi connectivity index (χ4v) is 2.25. The van der Waals surface area contributed by atoms with E-state index in [0.29, 0.717) is 5.92 Å². The van der Waals surface area contributed by atoms with Crippen molar-refractivity contribution in [3.05, 3.63) is 34.4 Å². The highest BCUT2D eigenvalue weighted by molar-refractivity contribution is 5.59. The lowest BCUT2D eigenvalue weighted by Crippen LogP contribution is -2.18. The molecule has 118 valence electrons. The molecule has 1 aromatic carbocycles. The molecule has 0 aliphatic heterocycles. The van der Waals surface area contributed by atoms with Crippen LogP contribution in [0.25, 0.3) is 6.08 Å². The van der Waals surface area contributed by atoms with E-state index in [1.54, 1.807) is 13.8 Å². The smallest absolute Gasteiger partial charge is 0.387 e. The van der Waals surface area contributed by atoms with Gasteiger partial charge in [0.25, 0.3) is 0 Å². The third-order valence-electron chi connectivity index (χ3n) is 3.36. The molecule has 0 atom stereocenters. The van der Waals surface area contributed by atoms with Crippen LogP contribution in [0.2, 0.25) is 0 Å². The van der Waals surface area contributed by atoms with Crippen molar-refractivity contribution < 1.29 is 13.5 Å². The fraction of sp³-hybridized carbons (Fsp3) is 0.529. The Bertz CT molecular complexity index is 473. The van der Waals surface area contributed by atoms with Crippen molar-refractivity contribution in [1.29, 1.82) is 0 Å². The third-order valence-corrected chi connectivity index (χ3v) is 3.36. The van der Waals surface area contributed by atoms with E-state index in [1.807, 2.05) is 12.1 Å². The lowest BCUT2D eigenvalue weighted by Gasteiger charge is -2.15. The molecule has 0 saturated heterocycles. The molecule has 0 saturated carbocycles. The van der Waals surface area contributed by atoms with Gasteiger partial charge in [0.15, 0.2) is 0 Å². The number of likely N-dealkylation sites (N-methyl/N-ethyl adjacent to an activating group) is 1. The van der Waals surface area contributed by atoms with Crippen LogP contribution in [0.1, 0.15) is 37.5 Å². The lowest BCUT2D eigenvalue weighted by molar-refractivity contribution is -0.0507. The second-order valence-corrected chi connectivity index (χ2v) is 5.52. The predicted octanol–water partition coefficient (Wildman–Crippen LogP) is 4.55. The summed E-state index contributed by atoms with van der Waals surface area (Å²) in [6.45, 7) is 8.92. The number of hydrogen-bond acceptors (Lipinski definition) is 2. The summed E-state index contributed by atoms with van der Waals surface area (Å²) in [5, 5.41) is 3.32. The van der Waals surface area contributed by atoms with Gasteiger partial charge in [0.05, 0.1) is 0 Å². The Morgan fingerprint density at radius 3 is 2.24 bits per heavy atom. The highest BCUT2D eigenvalue weighted by Crippen LogP contribution is 2.28. The van der Waals surface area contributed by atoms with E-state index in [9.17, 15) is 8.78 Å². The summed E-state index contributed by atoms with van der Waals surface area (Å²) in [6.07, 6.45) is 2.12. The summed E-state index contributed by atoms with van der Waals surface area (Å²) in [4.78, 5) is 0. The zero-order chi connectivity index (χ0) is 16.0. The normalized spacial score (nSPS) is 12.3. The van der Waals surface area contributed by atoms with E-state index in [1.165, 1.54) is 5.57 Å². The van der Waals surface area contributed by atoms with E-state index in [-0.39, 0.29) is 5.75 Å². The number of aryl methyl sites for hydroxylation is 2. The Hall–Kier alpha value is -1.42. The first kappa shape index (κ1) is 17.6.